The molecule has 0 aliphatic heterocycles. The zero-order chi connectivity index (χ0) is 12.7. The largest absolute Gasteiger partial charge is 0.867 e. The first-order valence-electron chi connectivity index (χ1n) is 5.78. The van der Waals surface area contributed by atoms with Gasteiger partial charge in [-0.25, -0.2) is 0 Å². The van der Waals surface area contributed by atoms with Gasteiger partial charge < -0.3 is 5.11 Å². The SMILES string of the molecule is CCCC.N#[N+]c1ccc2ccccc2c1[O-]. The molecule has 0 saturated heterocycles. The summed E-state index contributed by atoms with van der Waals surface area (Å²) in [5.41, 5.74) is 0.0821. The number of hydrogen-bond acceptors (Lipinski definition) is 2. The van der Waals surface area contributed by atoms with Crippen molar-refractivity contribution in [3.05, 3.63) is 41.4 Å². The molecule has 17 heavy (non-hydrogen) atoms. The van der Waals surface area contributed by atoms with E-state index in [0.29, 0.717) is 5.39 Å². The van der Waals surface area contributed by atoms with Crippen LogP contribution in [0.25, 0.3) is 15.7 Å². The highest BCUT2D eigenvalue weighted by molar-refractivity contribution is 5.92. The number of fused-ring (bicyclic) bond motifs is 1. The maximum atomic E-state index is 11.5. The lowest BCUT2D eigenvalue weighted by Gasteiger charge is -2.05. The Bertz CT molecular complexity index is 527. The summed E-state index contributed by atoms with van der Waals surface area (Å²) < 4.78 is 0. The summed E-state index contributed by atoms with van der Waals surface area (Å²) in [4.78, 5) is 2.91. The predicted molar refractivity (Wildman–Crippen MR) is 68.7 cm³/mol. The highest BCUT2D eigenvalue weighted by Crippen LogP contribution is 2.31. The van der Waals surface area contributed by atoms with Crippen LogP contribution in [-0.2, 0) is 0 Å². The highest BCUT2D eigenvalue weighted by Gasteiger charge is 2.07. The second-order valence-corrected chi connectivity index (χ2v) is 3.73. The molecule has 0 atom stereocenters. The summed E-state index contributed by atoms with van der Waals surface area (Å²) in [7, 11) is 0. The van der Waals surface area contributed by atoms with Crippen LogP contribution in [0.4, 0.5) is 5.69 Å². The number of diazo groups is 1. The van der Waals surface area contributed by atoms with Crippen LogP contribution in [0.2, 0.25) is 0 Å². The van der Waals surface area contributed by atoms with Crippen LogP contribution < -0.4 is 5.11 Å². The summed E-state index contributed by atoms with van der Waals surface area (Å²) >= 11 is 0. The minimum absolute atomic E-state index is 0.0821. The smallest absolute Gasteiger partial charge is 0.378 e. The fourth-order valence-corrected chi connectivity index (χ4v) is 1.31. The van der Waals surface area contributed by atoms with Gasteiger partial charge >= 0.3 is 5.69 Å². The van der Waals surface area contributed by atoms with Crippen LogP contribution in [0.5, 0.6) is 5.75 Å². The molecule has 0 aliphatic carbocycles. The van der Waals surface area contributed by atoms with Crippen LogP contribution in [0.1, 0.15) is 26.7 Å². The standard InChI is InChI=1S/C10H6N2O.C4H10/c11-12-9-6-5-7-3-1-2-4-8(7)10(9)13;1-3-4-2/h1-6H;3-4H2,1-2H3. The Morgan fingerprint density at radius 3 is 2.29 bits per heavy atom. The van der Waals surface area contributed by atoms with E-state index >= 15 is 0 Å². The molecule has 3 heteroatoms. The predicted octanol–water partition coefficient (Wildman–Crippen LogP) is 4.20. The van der Waals surface area contributed by atoms with Gasteiger partial charge in [0.25, 0.3) is 0 Å². The van der Waals surface area contributed by atoms with Gasteiger partial charge in [0, 0.05) is 6.07 Å². The molecule has 0 heterocycles. The Morgan fingerprint density at radius 1 is 1.06 bits per heavy atom. The van der Waals surface area contributed by atoms with Crippen molar-refractivity contribution in [2.24, 2.45) is 0 Å². The monoisotopic (exact) mass is 228 g/mol. The second-order valence-electron chi connectivity index (χ2n) is 3.73. The van der Waals surface area contributed by atoms with Crippen LogP contribution in [0.15, 0.2) is 36.4 Å². The number of nitrogens with zero attached hydrogens (tertiary/aromatic N) is 2. The van der Waals surface area contributed by atoms with Gasteiger partial charge in [-0.3, -0.25) is 0 Å². The third-order valence-electron chi connectivity index (χ3n) is 2.47. The third-order valence-corrected chi connectivity index (χ3v) is 2.47. The summed E-state index contributed by atoms with van der Waals surface area (Å²) in [6.45, 7) is 4.36. The van der Waals surface area contributed by atoms with Crippen molar-refractivity contribution in [2.75, 3.05) is 0 Å². The summed E-state index contributed by atoms with van der Waals surface area (Å²) in [5, 5.41) is 21.5. The van der Waals surface area contributed by atoms with Gasteiger partial charge in [0.05, 0.1) is 0 Å². The van der Waals surface area contributed by atoms with Crippen molar-refractivity contribution in [3.63, 3.8) is 0 Å². The molecule has 0 N–H and O–H groups in total. The zero-order valence-corrected chi connectivity index (χ0v) is 10.2. The summed E-state index contributed by atoms with van der Waals surface area (Å²) in [6, 6.07) is 10.5. The Morgan fingerprint density at radius 2 is 1.71 bits per heavy atom. The molecule has 0 radical (unpaired) electrons. The molecule has 0 unspecified atom stereocenters. The highest BCUT2D eigenvalue weighted by atomic mass is 16.3. The fourth-order valence-electron chi connectivity index (χ4n) is 1.31. The third kappa shape index (κ3) is 3.18. The fraction of sp³-hybridized carbons (Fsp3) is 0.286. The van der Waals surface area contributed by atoms with E-state index in [0.717, 1.165) is 5.39 Å². The van der Waals surface area contributed by atoms with E-state index in [1.165, 1.54) is 18.9 Å². The minimum Gasteiger partial charge on any atom is -0.867 e. The Labute approximate surface area is 101 Å². The first-order valence-corrected chi connectivity index (χ1v) is 5.78. The van der Waals surface area contributed by atoms with E-state index in [-0.39, 0.29) is 11.4 Å². The molecule has 0 aromatic heterocycles. The van der Waals surface area contributed by atoms with Gasteiger partial charge in [0.1, 0.15) is 0 Å². The molecule has 2 rings (SSSR count). The van der Waals surface area contributed by atoms with E-state index in [1.807, 2.05) is 12.1 Å². The molecule has 0 amide bonds. The van der Waals surface area contributed by atoms with Gasteiger partial charge in [-0.2, -0.15) is 0 Å². The maximum absolute atomic E-state index is 11.5. The van der Waals surface area contributed by atoms with Crippen molar-refractivity contribution >= 4 is 16.5 Å². The molecule has 2 aromatic rings. The van der Waals surface area contributed by atoms with E-state index in [1.54, 1.807) is 18.2 Å². The first kappa shape index (κ1) is 13.0. The lowest BCUT2D eigenvalue weighted by molar-refractivity contribution is -0.264. The Kier molecular flexibility index (Phi) is 4.96. The van der Waals surface area contributed by atoms with Gasteiger partial charge in [0.15, 0.2) is 4.98 Å². The van der Waals surface area contributed by atoms with Gasteiger partial charge in [-0.15, -0.1) is 0 Å². The molecule has 88 valence electrons. The van der Waals surface area contributed by atoms with E-state index in [9.17, 15) is 5.11 Å². The number of benzene rings is 2. The second kappa shape index (κ2) is 6.49. The van der Waals surface area contributed by atoms with E-state index < -0.39 is 0 Å². The van der Waals surface area contributed by atoms with Crippen LogP contribution in [0, 0.1) is 5.39 Å². The molecule has 0 spiro atoms. The minimum atomic E-state index is -0.236. The van der Waals surface area contributed by atoms with Gasteiger partial charge in [-0.1, -0.05) is 51.0 Å². The van der Waals surface area contributed by atoms with Crippen molar-refractivity contribution in [3.8, 4) is 5.75 Å². The molecule has 0 bridgehead atoms. The van der Waals surface area contributed by atoms with Crippen LogP contribution in [0.3, 0.4) is 0 Å². The molecular weight excluding hydrogens is 212 g/mol. The van der Waals surface area contributed by atoms with Crippen molar-refractivity contribution in [2.45, 2.75) is 26.7 Å². The van der Waals surface area contributed by atoms with Gasteiger partial charge in [0.2, 0.25) is 5.39 Å². The van der Waals surface area contributed by atoms with Gasteiger partial charge in [-0.05, 0) is 22.6 Å². The number of rotatable bonds is 1. The Balaban J connectivity index is 0.000000317. The molecule has 0 saturated carbocycles. The normalized spacial score (nSPS) is 9.24. The number of unbranched alkanes of at least 4 members (excludes halogenated alkanes) is 1. The molecule has 0 fully saturated rings. The Hall–Kier alpha value is -2.08. The van der Waals surface area contributed by atoms with Crippen LogP contribution >= 0.6 is 0 Å². The van der Waals surface area contributed by atoms with Crippen molar-refractivity contribution < 1.29 is 5.11 Å². The molecule has 0 aliphatic rings. The average molecular weight is 228 g/mol. The lowest BCUT2D eigenvalue weighted by Crippen LogP contribution is -1.90. The quantitative estimate of drug-likeness (QED) is 0.686. The molecular formula is C14H16N2O. The zero-order valence-electron chi connectivity index (χ0n) is 10.2. The maximum Gasteiger partial charge on any atom is 0.378 e. The van der Waals surface area contributed by atoms with Crippen LogP contribution in [-0.4, -0.2) is 0 Å². The lowest BCUT2D eigenvalue weighted by atomic mass is 10.1. The van der Waals surface area contributed by atoms with Crippen molar-refractivity contribution in [1.29, 1.82) is 5.39 Å². The van der Waals surface area contributed by atoms with Crippen molar-refractivity contribution in [1.82, 2.24) is 0 Å². The average Bonchev–Trinajstić information content (AvgIpc) is 2.40. The molecule has 2 aromatic carbocycles. The molecule has 3 nitrogen and oxygen atoms in total. The summed E-state index contributed by atoms with van der Waals surface area (Å²) in [5.74, 6) is -0.236. The van der Waals surface area contributed by atoms with E-state index in [4.69, 9.17) is 5.39 Å². The number of hydrogen-bond donors (Lipinski definition) is 0. The summed E-state index contributed by atoms with van der Waals surface area (Å²) in [6.07, 6.45) is 2.64. The first-order chi connectivity index (χ1) is 8.24. The topological polar surface area (TPSA) is 51.2 Å². The van der Waals surface area contributed by atoms with E-state index in [2.05, 4.69) is 18.8 Å².